The molecule has 6 heteroatoms. The summed E-state index contributed by atoms with van der Waals surface area (Å²) < 4.78 is 5.64. The Hall–Kier alpha value is -3.25. The van der Waals surface area contributed by atoms with E-state index in [1.165, 1.54) is 17.3 Å². The largest absolute Gasteiger partial charge is 0.491 e. The van der Waals surface area contributed by atoms with Gasteiger partial charge in [-0.25, -0.2) is 0 Å². The summed E-state index contributed by atoms with van der Waals surface area (Å²) in [7, 11) is 0. The first-order valence-corrected chi connectivity index (χ1v) is 11.7. The highest BCUT2D eigenvalue weighted by atomic mass is 32.2. The molecule has 1 aliphatic rings. The molecule has 164 valence electrons. The number of amides is 2. The van der Waals surface area contributed by atoms with Gasteiger partial charge in [-0.15, -0.1) is 11.8 Å². The van der Waals surface area contributed by atoms with Gasteiger partial charge in [0.25, 0.3) is 5.91 Å². The second-order valence-corrected chi connectivity index (χ2v) is 8.87. The Morgan fingerprint density at radius 3 is 2.50 bits per heavy atom. The Kier molecular flexibility index (Phi) is 6.81. The molecule has 4 rings (SSSR count). The number of hydrogen-bond acceptors (Lipinski definition) is 4. The lowest BCUT2D eigenvalue weighted by Gasteiger charge is -2.17. The number of fused-ring (bicyclic) bond motifs is 1. The fraction of sp³-hybridized carbons (Fsp3) is 0.231. The minimum atomic E-state index is -0.204. The zero-order valence-corrected chi connectivity index (χ0v) is 19.0. The normalized spacial score (nSPS) is 12.5. The van der Waals surface area contributed by atoms with Crippen LogP contribution in [0.15, 0.2) is 77.7 Å². The Morgan fingerprint density at radius 1 is 1.00 bits per heavy atom. The van der Waals surface area contributed by atoms with Crippen LogP contribution in [0, 0.1) is 0 Å². The van der Waals surface area contributed by atoms with Crippen molar-refractivity contribution in [2.45, 2.75) is 31.3 Å². The molecule has 0 unspecified atom stereocenters. The van der Waals surface area contributed by atoms with Crippen molar-refractivity contribution in [2.75, 3.05) is 22.5 Å². The fourth-order valence-corrected chi connectivity index (χ4v) is 4.61. The molecule has 0 saturated heterocycles. The number of anilines is 2. The lowest BCUT2D eigenvalue weighted by molar-refractivity contribution is -0.116. The van der Waals surface area contributed by atoms with Crippen molar-refractivity contribution in [1.82, 2.24) is 0 Å². The fourth-order valence-electron chi connectivity index (χ4n) is 3.68. The van der Waals surface area contributed by atoms with Crippen LogP contribution in [-0.2, 0) is 11.2 Å². The van der Waals surface area contributed by atoms with Crippen LogP contribution in [0.1, 0.15) is 29.8 Å². The monoisotopic (exact) mass is 446 g/mol. The van der Waals surface area contributed by atoms with Crippen LogP contribution in [0.3, 0.4) is 0 Å². The summed E-state index contributed by atoms with van der Waals surface area (Å²) in [5, 5.41) is 2.93. The predicted octanol–water partition coefficient (Wildman–Crippen LogP) is 5.41. The Balaban J connectivity index is 1.40. The molecular weight excluding hydrogens is 420 g/mol. The number of nitrogens with zero attached hydrogens (tertiary/aromatic N) is 1. The average molecular weight is 447 g/mol. The molecule has 1 aliphatic heterocycles. The van der Waals surface area contributed by atoms with E-state index in [0.717, 1.165) is 22.8 Å². The average Bonchev–Trinajstić information content (AvgIpc) is 3.23. The van der Waals surface area contributed by atoms with E-state index < -0.39 is 0 Å². The van der Waals surface area contributed by atoms with Crippen molar-refractivity contribution < 1.29 is 14.3 Å². The molecule has 3 aromatic carbocycles. The standard InChI is InChI=1S/C26H26N2O3S/c1-18(2)31-21-13-11-20(12-14-21)27-26(30)22-8-4-6-10-24(22)32-17-25(29)28-16-15-19-7-3-5-9-23(19)28/h3-14,18H,15-17H2,1-2H3,(H,27,30). The summed E-state index contributed by atoms with van der Waals surface area (Å²) in [6.07, 6.45) is 0.975. The van der Waals surface area contributed by atoms with Crippen LogP contribution in [0.2, 0.25) is 0 Å². The smallest absolute Gasteiger partial charge is 0.256 e. The molecule has 1 heterocycles. The molecule has 0 spiro atoms. The van der Waals surface area contributed by atoms with Crippen molar-refractivity contribution in [3.05, 3.63) is 83.9 Å². The molecule has 0 radical (unpaired) electrons. The Labute approximate surface area is 192 Å². The summed E-state index contributed by atoms with van der Waals surface area (Å²) >= 11 is 1.39. The molecule has 5 nitrogen and oxygen atoms in total. The Bertz CT molecular complexity index is 1110. The number of carbonyl (C=O) groups excluding carboxylic acids is 2. The number of nitrogens with one attached hydrogen (secondary N) is 1. The van der Waals surface area contributed by atoms with Crippen molar-refractivity contribution in [1.29, 1.82) is 0 Å². The van der Waals surface area contributed by atoms with Gasteiger partial charge < -0.3 is 15.0 Å². The van der Waals surface area contributed by atoms with Crippen molar-refractivity contribution in [3.63, 3.8) is 0 Å². The van der Waals surface area contributed by atoms with Gasteiger partial charge >= 0.3 is 0 Å². The first-order valence-electron chi connectivity index (χ1n) is 10.7. The first-order chi connectivity index (χ1) is 15.5. The van der Waals surface area contributed by atoms with Gasteiger partial charge in [0.15, 0.2) is 0 Å². The maximum atomic E-state index is 12.9. The van der Waals surface area contributed by atoms with E-state index in [0.29, 0.717) is 17.8 Å². The molecule has 3 aromatic rings. The van der Waals surface area contributed by atoms with Gasteiger partial charge in [-0.3, -0.25) is 9.59 Å². The second-order valence-electron chi connectivity index (χ2n) is 7.85. The van der Waals surface area contributed by atoms with Crippen molar-refractivity contribution in [3.8, 4) is 5.75 Å². The highest BCUT2D eigenvalue weighted by Gasteiger charge is 2.24. The summed E-state index contributed by atoms with van der Waals surface area (Å²) in [6, 6.07) is 22.7. The maximum Gasteiger partial charge on any atom is 0.256 e. The van der Waals surface area contributed by atoms with Crippen LogP contribution < -0.4 is 15.0 Å². The van der Waals surface area contributed by atoms with Gasteiger partial charge in [0.1, 0.15) is 5.75 Å². The van der Waals surface area contributed by atoms with E-state index in [9.17, 15) is 9.59 Å². The van der Waals surface area contributed by atoms with E-state index in [1.807, 2.05) is 79.4 Å². The Morgan fingerprint density at radius 2 is 1.72 bits per heavy atom. The SMILES string of the molecule is CC(C)Oc1ccc(NC(=O)c2ccccc2SCC(=O)N2CCc3ccccc32)cc1. The molecule has 0 fully saturated rings. The minimum absolute atomic E-state index is 0.0518. The van der Waals surface area contributed by atoms with Crippen LogP contribution >= 0.6 is 11.8 Å². The minimum Gasteiger partial charge on any atom is -0.491 e. The van der Waals surface area contributed by atoms with Crippen LogP contribution in [0.5, 0.6) is 5.75 Å². The molecule has 0 aliphatic carbocycles. The highest BCUT2D eigenvalue weighted by Crippen LogP contribution is 2.30. The maximum absolute atomic E-state index is 12.9. The second kappa shape index (κ2) is 9.92. The summed E-state index contributed by atoms with van der Waals surface area (Å²) in [6.45, 7) is 4.65. The number of ether oxygens (including phenoxy) is 1. The molecule has 0 aromatic heterocycles. The lowest BCUT2D eigenvalue weighted by Crippen LogP contribution is -2.30. The van der Waals surface area contributed by atoms with Crippen LogP contribution in [0.4, 0.5) is 11.4 Å². The molecule has 0 bridgehead atoms. The predicted molar refractivity (Wildman–Crippen MR) is 130 cm³/mol. The van der Waals surface area contributed by atoms with Crippen LogP contribution in [-0.4, -0.2) is 30.2 Å². The van der Waals surface area contributed by atoms with Gasteiger partial charge in [-0.2, -0.15) is 0 Å². The third-order valence-electron chi connectivity index (χ3n) is 5.16. The molecule has 32 heavy (non-hydrogen) atoms. The van der Waals surface area contributed by atoms with E-state index in [1.54, 1.807) is 6.07 Å². The third-order valence-corrected chi connectivity index (χ3v) is 6.21. The van der Waals surface area contributed by atoms with E-state index in [2.05, 4.69) is 11.4 Å². The number of benzene rings is 3. The zero-order valence-electron chi connectivity index (χ0n) is 18.2. The van der Waals surface area contributed by atoms with Gasteiger partial charge in [-0.1, -0.05) is 30.3 Å². The quantitative estimate of drug-likeness (QED) is 0.493. The van der Waals surface area contributed by atoms with Gasteiger partial charge in [0.05, 0.1) is 17.4 Å². The third kappa shape index (κ3) is 5.14. The van der Waals surface area contributed by atoms with Crippen molar-refractivity contribution >= 4 is 35.0 Å². The lowest BCUT2D eigenvalue weighted by atomic mass is 10.2. The number of carbonyl (C=O) groups is 2. The summed E-state index contributed by atoms with van der Waals surface area (Å²) in [4.78, 5) is 28.4. The topological polar surface area (TPSA) is 58.6 Å². The van der Waals surface area contributed by atoms with Gasteiger partial charge in [-0.05, 0) is 68.3 Å². The summed E-state index contributed by atoms with van der Waals surface area (Å²) in [5.41, 5.74) is 3.44. The zero-order chi connectivity index (χ0) is 22.5. The molecule has 1 N–H and O–H groups in total. The van der Waals surface area contributed by atoms with Gasteiger partial charge in [0.2, 0.25) is 5.91 Å². The van der Waals surface area contributed by atoms with Gasteiger partial charge in [0, 0.05) is 22.8 Å². The van der Waals surface area contributed by atoms with E-state index in [-0.39, 0.29) is 23.7 Å². The number of hydrogen-bond donors (Lipinski definition) is 1. The highest BCUT2D eigenvalue weighted by molar-refractivity contribution is 8.00. The molecule has 2 amide bonds. The number of thioether (sulfide) groups is 1. The summed E-state index contributed by atoms with van der Waals surface area (Å²) in [5.74, 6) is 0.885. The first kappa shape index (κ1) is 22.0. The van der Waals surface area contributed by atoms with Crippen LogP contribution in [0.25, 0.3) is 0 Å². The molecule has 0 atom stereocenters. The van der Waals surface area contributed by atoms with E-state index >= 15 is 0 Å². The van der Waals surface area contributed by atoms with Crippen molar-refractivity contribution in [2.24, 2.45) is 0 Å². The van der Waals surface area contributed by atoms with E-state index in [4.69, 9.17) is 4.74 Å². The number of rotatable bonds is 7. The number of para-hydroxylation sites is 1. The molecular formula is C26H26N2O3S. The molecule has 0 saturated carbocycles.